The molecule has 94 valence electrons. The number of aliphatic imine (C=N–C) groups is 1. The highest BCUT2D eigenvalue weighted by Crippen LogP contribution is 2.29. The van der Waals surface area contributed by atoms with Gasteiger partial charge in [-0.05, 0) is 36.3 Å². The van der Waals surface area contributed by atoms with E-state index >= 15 is 0 Å². The molecule has 0 fully saturated rings. The van der Waals surface area contributed by atoms with E-state index < -0.39 is 15.7 Å². The standard InChI is InChI=1S/C11H11N3O3S/c1-6-4-7-2-3-18(16,17)9(7)5-8(6)10(15)14-11(12)13/h2-5H,1H3,(H4,12,13,14,15). The summed E-state index contributed by atoms with van der Waals surface area (Å²) in [5.74, 6) is -1.02. The molecule has 0 radical (unpaired) electrons. The van der Waals surface area contributed by atoms with E-state index in [-0.39, 0.29) is 16.4 Å². The molecule has 0 aliphatic carbocycles. The fourth-order valence-electron chi connectivity index (χ4n) is 1.73. The molecule has 0 aromatic heterocycles. The van der Waals surface area contributed by atoms with Crippen LogP contribution >= 0.6 is 0 Å². The fraction of sp³-hybridized carbons (Fsp3) is 0.0909. The normalized spacial score (nSPS) is 15.2. The van der Waals surface area contributed by atoms with Gasteiger partial charge in [0.1, 0.15) is 0 Å². The number of amides is 1. The van der Waals surface area contributed by atoms with Gasteiger partial charge in [-0.25, -0.2) is 8.42 Å². The SMILES string of the molecule is Cc1cc2c(cc1C(=O)N=C(N)N)S(=O)(=O)C=C2. The molecule has 7 heteroatoms. The number of guanidine groups is 1. The van der Waals surface area contributed by atoms with E-state index in [4.69, 9.17) is 11.5 Å². The maximum atomic E-state index is 11.7. The summed E-state index contributed by atoms with van der Waals surface area (Å²) in [5, 5.41) is 1.10. The minimum atomic E-state index is -3.45. The minimum absolute atomic E-state index is 0.0993. The van der Waals surface area contributed by atoms with Gasteiger partial charge >= 0.3 is 0 Å². The van der Waals surface area contributed by atoms with Gasteiger partial charge in [0.05, 0.1) is 4.90 Å². The second-order valence-corrected chi connectivity index (χ2v) is 5.70. The quantitative estimate of drug-likeness (QED) is 0.554. The number of hydrogen-bond acceptors (Lipinski definition) is 3. The first-order valence-corrected chi connectivity index (χ1v) is 6.57. The molecule has 6 nitrogen and oxygen atoms in total. The lowest BCUT2D eigenvalue weighted by atomic mass is 10.0. The van der Waals surface area contributed by atoms with Gasteiger partial charge in [0.15, 0.2) is 15.8 Å². The topological polar surface area (TPSA) is 116 Å². The number of hydrogen-bond donors (Lipinski definition) is 2. The molecule has 0 saturated carbocycles. The first-order valence-electron chi connectivity index (χ1n) is 5.03. The summed E-state index contributed by atoms with van der Waals surface area (Å²) in [7, 11) is -3.45. The zero-order valence-electron chi connectivity index (χ0n) is 9.54. The van der Waals surface area contributed by atoms with E-state index in [1.54, 1.807) is 13.0 Å². The summed E-state index contributed by atoms with van der Waals surface area (Å²) >= 11 is 0. The van der Waals surface area contributed by atoms with Crippen molar-refractivity contribution < 1.29 is 13.2 Å². The van der Waals surface area contributed by atoms with Crippen LogP contribution in [0.25, 0.3) is 6.08 Å². The Morgan fingerprint density at radius 1 is 1.28 bits per heavy atom. The Balaban J connectivity index is 2.61. The Morgan fingerprint density at radius 2 is 1.94 bits per heavy atom. The third kappa shape index (κ3) is 2.00. The Kier molecular flexibility index (Phi) is 2.70. The van der Waals surface area contributed by atoms with Crippen LogP contribution in [0, 0.1) is 6.92 Å². The molecule has 1 amide bonds. The molecular weight excluding hydrogens is 254 g/mol. The fourth-order valence-corrected chi connectivity index (χ4v) is 2.94. The van der Waals surface area contributed by atoms with Crippen molar-refractivity contribution in [2.75, 3.05) is 0 Å². The molecule has 0 atom stereocenters. The zero-order chi connectivity index (χ0) is 13.5. The Labute approximate surface area is 104 Å². The first-order chi connectivity index (χ1) is 8.31. The lowest BCUT2D eigenvalue weighted by molar-refractivity contribution is 0.100. The average Bonchev–Trinajstić information content (AvgIpc) is 2.52. The molecule has 0 spiro atoms. The van der Waals surface area contributed by atoms with Crippen LogP contribution in [-0.2, 0) is 9.84 Å². The number of carbonyl (C=O) groups is 1. The number of sulfone groups is 1. The van der Waals surface area contributed by atoms with Crippen molar-refractivity contribution in [2.45, 2.75) is 11.8 Å². The molecule has 0 bridgehead atoms. The van der Waals surface area contributed by atoms with E-state index in [2.05, 4.69) is 4.99 Å². The predicted octanol–water partition coefficient (Wildman–Crippen LogP) is 0.167. The van der Waals surface area contributed by atoms with Crippen molar-refractivity contribution in [3.63, 3.8) is 0 Å². The van der Waals surface area contributed by atoms with Gasteiger partial charge in [0.25, 0.3) is 5.91 Å². The Hall–Kier alpha value is -2.15. The lowest BCUT2D eigenvalue weighted by Gasteiger charge is -2.05. The highest BCUT2D eigenvalue weighted by Gasteiger charge is 2.23. The van der Waals surface area contributed by atoms with Gasteiger partial charge in [0, 0.05) is 11.0 Å². The third-order valence-electron chi connectivity index (χ3n) is 2.55. The molecule has 18 heavy (non-hydrogen) atoms. The molecule has 1 aliphatic rings. The van der Waals surface area contributed by atoms with Gasteiger partial charge in [-0.3, -0.25) is 4.79 Å². The minimum Gasteiger partial charge on any atom is -0.370 e. The maximum absolute atomic E-state index is 11.7. The Morgan fingerprint density at radius 3 is 2.56 bits per heavy atom. The van der Waals surface area contributed by atoms with Crippen LogP contribution in [0.3, 0.4) is 0 Å². The number of fused-ring (bicyclic) bond motifs is 1. The maximum Gasteiger partial charge on any atom is 0.280 e. The zero-order valence-corrected chi connectivity index (χ0v) is 10.4. The summed E-state index contributed by atoms with van der Waals surface area (Å²) in [6.07, 6.45) is 1.49. The summed E-state index contributed by atoms with van der Waals surface area (Å²) in [6, 6.07) is 2.92. The van der Waals surface area contributed by atoms with E-state index in [1.165, 1.54) is 12.1 Å². The lowest BCUT2D eigenvalue weighted by Crippen LogP contribution is -2.24. The predicted molar refractivity (Wildman–Crippen MR) is 67.5 cm³/mol. The first kappa shape index (κ1) is 12.3. The monoisotopic (exact) mass is 265 g/mol. The van der Waals surface area contributed by atoms with E-state index in [0.29, 0.717) is 11.1 Å². The number of aryl methyl sites for hydroxylation is 1. The number of nitrogens with two attached hydrogens (primary N) is 2. The summed E-state index contributed by atoms with van der Waals surface area (Å²) in [4.78, 5) is 15.2. The molecule has 2 rings (SSSR count). The number of carbonyl (C=O) groups excluding carboxylic acids is 1. The van der Waals surface area contributed by atoms with Crippen molar-refractivity contribution in [2.24, 2.45) is 16.5 Å². The van der Waals surface area contributed by atoms with E-state index in [9.17, 15) is 13.2 Å². The summed E-state index contributed by atoms with van der Waals surface area (Å²) in [5.41, 5.74) is 11.6. The van der Waals surface area contributed by atoms with Gasteiger partial charge in [-0.15, -0.1) is 0 Å². The highest BCUT2D eigenvalue weighted by molar-refractivity contribution is 7.94. The third-order valence-corrected chi connectivity index (χ3v) is 4.01. The smallest absolute Gasteiger partial charge is 0.280 e. The molecule has 1 aliphatic heterocycles. The molecule has 1 aromatic rings. The van der Waals surface area contributed by atoms with E-state index in [1.807, 2.05) is 0 Å². The molecule has 0 saturated heterocycles. The van der Waals surface area contributed by atoms with Gasteiger partial charge in [-0.2, -0.15) is 4.99 Å². The van der Waals surface area contributed by atoms with Crippen molar-refractivity contribution in [1.29, 1.82) is 0 Å². The van der Waals surface area contributed by atoms with Gasteiger partial charge < -0.3 is 11.5 Å². The number of benzene rings is 1. The van der Waals surface area contributed by atoms with E-state index in [0.717, 1.165) is 5.41 Å². The second kappa shape index (κ2) is 3.95. The molecule has 1 aromatic carbocycles. The van der Waals surface area contributed by atoms with Crippen molar-refractivity contribution in [3.8, 4) is 0 Å². The van der Waals surface area contributed by atoms with Crippen LogP contribution in [-0.4, -0.2) is 20.3 Å². The van der Waals surface area contributed by atoms with Crippen LogP contribution < -0.4 is 11.5 Å². The van der Waals surface area contributed by atoms with Crippen molar-refractivity contribution in [1.82, 2.24) is 0 Å². The largest absolute Gasteiger partial charge is 0.370 e. The Bertz CT molecular complexity index is 698. The van der Waals surface area contributed by atoms with Crippen molar-refractivity contribution in [3.05, 3.63) is 34.2 Å². The number of rotatable bonds is 1. The van der Waals surface area contributed by atoms with Crippen LogP contribution in [0.5, 0.6) is 0 Å². The van der Waals surface area contributed by atoms with Gasteiger partial charge in [-0.1, -0.05) is 0 Å². The van der Waals surface area contributed by atoms with Gasteiger partial charge in [0.2, 0.25) is 0 Å². The highest BCUT2D eigenvalue weighted by atomic mass is 32.2. The molecular formula is C11H11N3O3S. The summed E-state index contributed by atoms with van der Waals surface area (Å²) < 4.78 is 23.4. The van der Waals surface area contributed by atoms with Crippen molar-refractivity contribution >= 4 is 27.8 Å². The summed E-state index contributed by atoms with van der Waals surface area (Å²) in [6.45, 7) is 1.69. The van der Waals surface area contributed by atoms with Crippen LogP contribution in [0.15, 0.2) is 27.4 Å². The van der Waals surface area contributed by atoms with Crippen LogP contribution in [0.4, 0.5) is 0 Å². The van der Waals surface area contributed by atoms with Crippen LogP contribution in [0.2, 0.25) is 0 Å². The molecule has 0 unspecified atom stereocenters. The number of nitrogens with zero attached hydrogens (tertiary/aromatic N) is 1. The molecule has 4 N–H and O–H groups in total. The molecule has 1 heterocycles. The van der Waals surface area contributed by atoms with Crippen LogP contribution in [0.1, 0.15) is 21.5 Å². The second-order valence-electron chi connectivity index (χ2n) is 3.89. The average molecular weight is 265 g/mol.